The van der Waals surface area contributed by atoms with E-state index in [-0.39, 0.29) is 35.1 Å². The van der Waals surface area contributed by atoms with Crippen LogP contribution in [0.25, 0.3) is 11.0 Å². The zero-order valence-electron chi connectivity index (χ0n) is 19.3. The average Bonchev–Trinajstić information content (AvgIpc) is 3.07. The number of hydrogen-bond donors (Lipinski definition) is 1. The molecule has 7 heteroatoms. The van der Waals surface area contributed by atoms with Crippen molar-refractivity contribution in [3.63, 3.8) is 0 Å². The molecule has 0 aliphatic heterocycles. The Bertz CT molecular complexity index is 1310. The minimum atomic E-state index is -0.628. The van der Waals surface area contributed by atoms with Crippen LogP contribution in [0.4, 0.5) is 0 Å². The number of hydrogen-bond acceptors (Lipinski definition) is 6. The van der Waals surface area contributed by atoms with E-state index in [1.807, 2.05) is 45.9 Å². The first-order valence-electron chi connectivity index (χ1n) is 10.6. The minimum Gasteiger partial charge on any atom is -0.494 e. The highest BCUT2D eigenvalue weighted by Gasteiger charge is 2.29. The van der Waals surface area contributed by atoms with Crippen LogP contribution in [0.2, 0.25) is 0 Å². The van der Waals surface area contributed by atoms with Gasteiger partial charge in [-0.15, -0.1) is 0 Å². The van der Waals surface area contributed by atoms with Crippen molar-refractivity contribution in [3.8, 4) is 11.9 Å². The third kappa shape index (κ3) is 3.94. The molecular formula is C25H28N2O5. The fourth-order valence-corrected chi connectivity index (χ4v) is 3.82. The summed E-state index contributed by atoms with van der Waals surface area (Å²) in [5, 5.41) is 21.3. The summed E-state index contributed by atoms with van der Waals surface area (Å²) in [5.74, 6) is -0.937. The molecule has 0 aliphatic rings. The predicted molar refractivity (Wildman–Crippen MR) is 121 cm³/mol. The van der Waals surface area contributed by atoms with Crippen LogP contribution in [0.5, 0.6) is 5.88 Å². The lowest BCUT2D eigenvalue weighted by Crippen LogP contribution is -2.27. The fourth-order valence-electron chi connectivity index (χ4n) is 3.82. The number of aryl methyl sites for hydroxylation is 3. The molecular weight excluding hydrogens is 408 g/mol. The Morgan fingerprint density at radius 1 is 1.19 bits per heavy atom. The molecule has 0 atom stereocenters. The predicted octanol–water partition coefficient (Wildman–Crippen LogP) is 4.45. The second kappa shape index (κ2) is 9.01. The molecule has 0 spiro atoms. The number of rotatable bonds is 7. The van der Waals surface area contributed by atoms with Crippen molar-refractivity contribution in [3.05, 3.63) is 61.6 Å². The first-order chi connectivity index (χ1) is 15.1. The molecule has 2 aromatic heterocycles. The van der Waals surface area contributed by atoms with E-state index < -0.39 is 17.2 Å². The Hall–Kier alpha value is -3.37. The smallest absolute Gasteiger partial charge is 0.271 e. The third-order valence-corrected chi connectivity index (χ3v) is 5.84. The number of ketones is 1. The van der Waals surface area contributed by atoms with Crippen LogP contribution in [0.1, 0.15) is 64.2 Å². The van der Waals surface area contributed by atoms with E-state index in [2.05, 4.69) is 0 Å². The number of aromatic nitrogens is 1. The first-order valence-corrected chi connectivity index (χ1v) is 10.6. The number of nitrogens with zero attached hydrogens (tertiary/aromatic N) is 2. The molecule has 0 saturated heterocycles. The van der Waals surface area contributed by atoms with E-state index in [0.29, 0.717) is 24.2 Å². The van der Waals surface area contributed by atoms with Gasteiger partial charge in [-0.2, -0.15) is 5.26 Å². The second-order valence-corrected chi connectivity index (χ2v) is 8.31. The van der Waals surface area contributed by atoms with Crippen LogP contribution in [0.3, 0.4) is 0 Å². The molecule has 0 bridgehead atoms. The molecule has 0 fully saturated rings. The van der Waals surface area contributed by atoms with E-state index in [1.165, 1.54) is 6.92 Å². The molecule has 1 N–H and O–H groups in total. The molecule has 7 nitrogen and oxygen atoms in total. The van der Waals surface area contributed by atoms with Crippen molar-refractivity contribution in [2.75, 3.05) is 6.61 Å². The van der Waals surface area contributed by atoms with E-state index in [9.17, 15) is 20.0 Å². The fraction of sp³-hybridized carbons (Fsp3) is 0.400. The van der Waals surface area contributed by atoms with Gasteiger partial charge in [0.2, 0.25) is 11.7 Å². The highest BCUT2D eigenvalue weighted by molar-refractivity contribution is 6.13. The number of furan rings is 1. The van der Waals surface area contributed by atoms with Crippen molar-refractivity contribution >= 4 is 16.8 Å². The van der Waals surface area contributed by atoms with E-state index >= 15 is 0 Å². The maximum Gasteiger partial charge on any atom is 0.271 e. The normalized spacial score (nSPS) is 11.3. The first kappa shape index (κ1) is 23.3. The Labute approximate surface area is 186 Å². The maximum absolute atomic E-state index is 13.5. The van der Waals surface area contributed by atoms with E-state index in [1.54, 1.807) is 6.92 Å². The van der Waals surface area contributed by atoms with Crippen molar-refractivity contribution in [1.29, 1.82) is 5.26 Å². The maximum atomic E-state index is 13.5. The van der Waals surface area contributed by atoms with Gasteiger partial charge in [0, 0.05) is 24.1 Å². The molecule has 0 aliphatic carbocycles. The Balaban J connectivity index is 2.14. The van der Waals surface area contributed by atoms with Crippen LogP contribution in [0, 0.1) is 39.0 Å². The lowest BCUT2D eigenvalue weighted by Gasteiger charge is -2.15. The van der Waals surface area contributed by atoms with Crippen molar-refractivity contribution in [1.82, 2.24) is 4.57 Å². The lowest BCUT2D eigenvalue weighted by atomic mass is 9.98. The van der Waals surface area contributed by atoms with Gasteiger partial charge in [0.1, 0.15) is 17.2 Å². The summed E-state index contributed by atoms with van der Waals surface area (Å²) >= 11 is 0. The summed E-state index contributed by atoms with van der Waals surface area (Å²) in [6, 6.07) is 5.75. The van der Waals surface area contributed by atoms with Crippen molar-refractivity contribution in [2.24, 2.45) is 0 Å². The topological polar surface area (TPSA) is 105 Å². The van der Waals surface area contributed by atoms with Crippen LogP contribution in [-0.4, -0.2) is 28.2 Å². The van der Waals surface area contributed by atoms with Crippen LogP contribution in [-0.2, 0) is 11.3 Å². The third-order valence-electron chi connectivity index (χ3n) is 5.84. The quantitative estimate of drug-likeness (QED) is 0.433. The van der Waals surface area contributed by atoms with E-state index in [4.69, 9.17) is 9.15 Å². The number of ether oxygens (including phenoxy) is 1. The van der Waals surface area contributed by atoms with Crippen LogP contribution < -0.4 is 5.56 Å². The standard InChI is InChI=1S/C25H28N2O5/c1-13(2)31-11-7-10-27-24(29)19(12-26)16(5)20(25(27)30)21(28)23-17(6)18-9-8-14(3)15(4)22(18)32-23/h8-9,13,30H,7,10-11H2,1-6H3. The zero-order chi connectivity index (χ0) is 23.7. The Morgan fingerprint density at radius 2 is 1.88 bits per heavy atom. The summed E-state index contributed by atoms with van der Waals surface area (Å²) in [4.78, 5) is 26.3. The number of aromatic hydroxyl groups is 1. The van der Waals surface area contributed by atoms with Gasteiger partial charge in [-0.1, -0.05) is 12.1 Å². The molecule has 3 aromatic rings. The highest BCUT2D eigenvalue weighted by Crippen LogP contribution is 2.33. The summed E-state index contributed by atoms with van der Waals surface area (Å²) in [6.07, 6.45) is 0.475. The summed E-state index contributed by atoms with van der Waals surface area (Å²) < 4.78 is 12.5. The number of benzene rings is 1. The number of fused-ring (bicyclic) bond motifs is 1. The van der Waals surface area contributed by atoms with Gasteiger partial charge in [0.15, 0.2) is 5.76 Å². The van der Waals surface area contributed by atoms with Crippen LogP contribution >= 0.6 is 0 Å². The number of carbonyl (C=O) groups excluding carboxylic acids is 1. The molecule has 0 radical (unpaired) electrons. The summed E-state index contributed by atoms with van der Waals surface area (Å²) in [5.41, 5.74) is 2.47. The molecule has 1 aromatic carbocycles. The van der Waals surface area contributed by atoms with Gasteiger partial charge in [0.05, 0.1) is 11.7 Å². The molecule has 0 amide bonds. The molecule has 3 rings (SSSR count). The average molecular weight is 437 g/mol. The largest absolute Gasteiger partial charge is 0.494 e. The molecule has 0 unspecified atom stereocenters. The van der Waals surface area contributed by atoms with E-state index in [0.717, 1.165) is 21.1 Å². The minimum absolute atomic E-state index is 0.0355. The number of nitriles is 1. The van der Waals surface area contributed by atoms with Gasteiger partial charge in [-0.3, -0.25) is 14.2 Å². The van der Waals surface area contributed by atoms with Gasteiger partial charge in [0.25, 0.3) is 5.56 Å². The Morgan fingerprint density at radius 3 is 2.50 bits per heavy atom. The number of carbonyl (C=O) groups is 1. The zero-order valence-corrected chi connectivity index (χ0v) is 19.3. The van der Waals surface area contributed by atoms with Gasteiger partial charge in [-0.05, 0) is 64.7 Å². The van der Waals surface area contributed by atoms with Gasteiger partial charge in [-0.25, -0.2) is 0 Å². The second-order valence-electron chi connectivity index (χ2n) is 8.31. The number of pyridine rings is 1. The van der Waals surface area contributed by atoms with Crippen molar-refractivity contribution < 1.29 is 19.1 Å². The molecule has 168 valence electrons. The summed E-state index contributed by atoms with van der Waals surface area (Å²) in [7, 11) is 0. The monoisotopic (exact) mass is 436 g/mol. The molecule has 32 heavy (non-hydrogen) atoms. The Kier molecular flexibility index (Phi) is 6.56. The van der Waals surface area contributed by atoms with Crippen molar-refractivity contribution in [2.45, 2.75) is 60.6 Å². The van der Waals surface area contributed by atoms with Gasteiger partial charge >= 0.3 is 0 Å². The van der Waals surface area contributed by atoms with Gasteiger partial charge < -0.3 is 14.3 Å². The highest BCUT2D eigenvalue weighted by atomic mass is 16.5. The lowest BCUT2D eigenvalue weighted by molar-refractivity contribution is 0.0743. The molecule has 2 heterocycles. The summed E-state index contributed by atoms with van der Waals surface area (Å²) in [6.45, 7) is 11.5. The SMILES string of the molecule is Cc1ccc2c(C)c(C(=O)c3c(C)c(C#N)c(=O)n(CCCOC(C)C)c3O)oc2c1C. The molecule has 0 saturated carbocycles. The van der Waals surface area contributed by atoms with Crippen LogP contribution in [0.15, 0.2) is 21.3 Å².